The second-order valence-electron chi connectivity index (χ2n) is 4.62. The monoisotopic (exact) mass is 305 g/mol. The van der Waals surface area contributed by atoms with Gasteiger partial charge in [-0.2, -0.15) is 17.0 Å². The van der Waals surface area contributed by atoms with E-state index in [1.807, 2.05) is 24.4 Å². The van der Waals surface area contributed by atoms with Gasteiger partial charge in [0.05, 0.1) is 0 Å². The molecule has 0 aliphatic carbocycles. The third kappa shape index (κ3) is 4.54. The third-order valence-electron chi connectivity index (χ3n) is 3.13. The first-order chi connectivity index (χ1) is 8.89. The SMILES string of the molecule is CC(Cc1cccs1)N(C)S(=O)(=O)N(C)CCCN. The summed E-state index contributed by atoms with van der Waals surface area (Å²) in [6.07, 6.45) is 1.40. The van der Waals surface area contributed by atoms with Crippen LogP contribution in [0.25, 0.3) is 0 Å². The van der Waals surface area contributed by atoms with Crippen molar-refractivity contribution in [3.8, 4) is 0 Å². The van der Waals surface area contributed by atoms with E-state index >= 15 is 0 Å². The van der Waals surface area contributed by atoms with Crippen molar-refractivity contribution < 1.29 is 8.42 Å². The maximum atomic E-state index is 12.3. The van der Waals surface area contributed by atoms with Crippen molar-refractivity contribution in [3.63, 3.8) is 0 Å². The van der Waals surface area contributed by atoms with Crippen molar-refractivity contribution in [1.82, 2.24) is 8.61 Å². The zero-order valence-electron chi connectivity index (χ0n) is 11.7. The van der Waals surface area contributed by atoms with Crippen LogP contribution in [-0.4, -0.2) is 50.3 Å². The predicted octanol–water partition coefficient (Wildman–Crippen LogP) is 1.14. The van der Waals surface area contributed by atoms with Crippen LogP contribution in [0.1, 0.15) is 18.2 Å². The molecule has 0 bridgehead atoms. The van der Waals surface area contributed by atoms with E-state index < -0.39 is 10.2 Å². The Bertz CT molecular complexity index is 459. The quantitative estimate of drug-likeness (QED) is 0.783. The molecule has 0 spiro atoms. The fourth-order valence-electron chi connectivity index (χ4n) is 1.73. The van der Waals surface area contributed by atoms with Crippen LogP contribution in [0.3, 0.4) is 0 Å². The zero-order valence-corrected chi connectivity index (χ0v) is 13.4. The van der Waals surface area contributed by atoms with Gasteiger partial charge >= 0.3 is 0 Å². The van der Waals surface area contributed by atoms with Gasteiger partial charge in [-0.15, -0.1) is 11.3 Å². The summed E-state index contributed by atoms with van der Waals surface area (Å²) in [5.74, 6) is 0. The first-order valence-electron chi connectivity index (χ1n) is 6.31. The Morgan fingerprint density at radius 2 is 2.11 bits per heavy atom. The van der Waals surface area contributed by atoms with Crippen molar-refractivity contribution in [3.05, 3.63) is 22.4 Å². The van der Waals surface area contributed by atoms with E-state index in [2.05, 4.69) is 0 Å². The van der Waals surface area contributed by atoms with Crippen LogP contribution in [-0.2, 0) is 16.6 Å². The number of thiophene rings is 1. The minimum absolute atomic E-state index is 0.0658. The van der Waals surface area contributed by atoms with Crippen LogP contribution in [0.15, 0.2) is 17.5 Å². The third-order valence-corrected chi connectivity index (χ3v) is 6.09. The summed E-state index contributed by atoms with van der Waals surface area (Å²) in [7, 11) is -0.170. The molecule has 1 aromatic rings. The molecule has 1 atom stereocenters. The van der Waals surface area contributed by atoms with Gasteiger partial charge in [-0.1, -0.05) is 6.07 Å². The van der Waals surface area contributed by atoms with Crippen molar-refractivity contribution in [1.29, 1.82) is 0 Å². The summed E-state index contributed by atoms with van der Waals surface area (Å²) in [6, 6.07) is 3.94. The lowest BCUT2D eigenvalue weighted by molar-refractivity contribution is 0.343. The van der Waals surface area contributed by atoms with Crippen molar-refractivity contribution in [2.75, 3.05) is 27.2 Å². The van der Waals surface area contributed by atoms with Crippen molar-refractivity contribution in [2.24, 2.45) is 5.73 Å². The van der Waals surface area contributed by atoms with Gasteiger partial charge in [-0.05, 0) is 37.8 Å². The smallest absolute Gasteiger partial charge is 0.281 e. The Balaban J connectivity index is 2.66. The fourth-order valence-corrected chi connectivity index (χ4v) is 3.88. The molecule has 0 aliphatic heterocycles. The van der Waals surface area contributed by atoms with E-state index in [9.17, 15) is 8.42 Å². The molecule has 1 rings (SSSR count). The standard InChI is InChI=1S/C12H23N3O2S2/c1-11(10-12-6-4-9-18-12)15(3)19(16,17)14(2)8-5-7-13/h4,6,9,11H,5,7-8,10,13H2,1-3H3. The average Bonchev–Trinajstić information content (AvgIpc) is 2.87. The summed E-state index contributed by atoms with van der Waals surface area (Å²) >= 11 is 1.65. The molecule has 7 heteroatoms. The Morgan fingerprint density at radius 3 is 2.63 bits per heavy atom. The van der Waals surface area contributed by atoms with E-state index in [4.69, 9.17) is 5.73 Å². The second kappa shape index (κ2) is 7.35. The molecule has 0 amide bonds. The first-order valence-corrected chi connectivity index (χ1v) is 8.59. The summed E-state index contributed by atoms with van der Waals surface area (Å²) in [4.78, 5) is 1.19. The van der Waals surface area contributed by atoms with Crippen molar-refractivity contribution in [2.45, 2.75) is 25.8 Å². The topological polar surface area (TPSA) is 66.6 Å². The number of nitrogens with two attached hydrogens (primary N) is 1. The molecule has 0 saturated heterocycles. The van der Waals surface area contributed by atoms with Crippen LogP contribution in [0.4, 0.5) is 0 Å². The molecule has 0 radical (unpaired) electrons. The lowest BCUT2D eigenvalue weighted by Crippen LogP contribution is -2.45. The minimum atomic E-state index is -3.40. The largest absolute Gasteiger partial charge is 0.330 e. The number of likely N-dealkylation sites (N-methyl/N-ethyl adjacent to an activating group) is 1. The van der Waals surface area contributed by atoms with Crippen molar-refractivity contribution >= 4 is 21.5 Å². The van der Waals surface area contributed by atoms with Gasteiger partial charge in [-0.3, -0.25) is 0 Å². The van der Waals surface area contributed by atoms with Gasteiger partial charge in [-0.25, -0.2) is 0 Å². The molecule has 0 saturated carbocycles. The van der Waals surface area contributed by atoms with Crippen LogP contribution in [0.5, 0.6) is 0 Å². The zero-order chi connectivity index (χ0) is 14.5. The number of rotatable bonds is 8. The lowest BCUT2D eigenvalue weighted by atomic mass is 10.2. The van der Waals surface area contributed by atoms with Gasteiger partial charge in [0.1, 0.15) is 0 Å². The average molecular weight is 305 g/mol. The minimum Gasteiger partial charge on any atom is -0.330 e. The molecule has 1 aromatic heterocycles. The van der Waals surface area contributed by atoms with Gasteiger partial charge in [0.15, 0.2) is 0 Å². The molecule has 1 unspecified atom stereocenters. The van der Waals surface area contributed by atoms with E-state index in [-0.39, 0.29) is 6.04 Å². The number of hydrogen-bond donors (Lipinski definition) is 1. The highest BCUT2D eigenvalue weighted by molar-refractivity contribution is 7.86. The molecule has 0 fully saturated rings. The number of nitrogens with zero attached hydrogens (tertiary/aromatic N) is 2. The van der Waals surface area contributed by atoms with Crippen LogP contribution < -0.4 is 5.73 Å². The second-order valence-corrected chi connectivity index (χ2v) is 7.75. The van der Waals surface area contributed by atoms with Gasteiger partial charge in [0.25, 0.3) is 10.2 Å². The van der Waals surface area contributed by atoms with E-state index in [0.29, 0.717) is 19.5 Å². The van der Waals surface area contributed by atoms with E-state index in [1.54, 1.807) is 25.4 Å². The molecule has 2 N–H and O–H groups in total. The van der Waals surface area contributed by atoms with E-state index in [0.717, 1.165) is 6.42 Å². The molecule has 110 valence electrons. The molecule has 19 heavy (non-hydrogen) atoms. The Morgan fingerprint density at radius 1 is 1.42 bits per heavy atom. The molecular weight excluding hydrogens is 282 g/mol. The summed E-state index contributed by atoms with van der Waals surface area (Å²) in [5, 5.41) is 2.00. The lowest BCUT2D eigenvalue weighted by Gasteiger charge is -2.28. The van der Waals surface area contributed by atoms with Crippen LogP contribution in [0.2, 0.25) is 0 Å². The highest BCUT2D eigenvalue weighted by Gasteiger charge is 2.27. The molecule has 1 heterocycles. The van der Waals surface area contributed by atoms with Gasteiger partial charge in [0.2, 0.25) is 0 Å². The van der Waals surface area contributed by atoms with E-state index in [1.165, 1.54) is 13.5 Å². The molecular formula is C12H23N3O2S2. The van der Waals surface area contributed by atoms with Gasteiger partial charge < -0.3 is 5.73 Å². The maximum Gasteiger partial charge on any atom is 0.281 e. The Kier molecular flexibility index (Phi) is 6.41. The summed E-state index contributed by atoms with van der Waals surface area (Å²) in [6.45, 7) is 2.87. The highest BCUT2D eigenvalue weighted by Crippen LogP contribution is 2.16. The Labute approximate surface area is 120 Å². The van der Waals surface area contributed by atoms with Crippen LogP contribution >= 0.6 is 11.3 Å². The molecule has 0 aliphatic rings. The number of hydrogen-bond acceptors (Lipinski definition) is 4. The summed E-state index contributed by atoms with van der Waals surface area (Å²) in [5.41, 5.74) is 5.41. The normalized spacial score (nSPS) is 14.2. The molecule has 5 nitrogen and oxygen atoms in total. The molecule has 0 aromatic carbocycles. The Hall–Kier alpha value is -0.470. The predicted molar refractivity (Wildman–Crippen MR) is 80.5 cm³/mol. The fraction of sp³-hybridized carbons (Fsp3) is 0.667. The van der Waals surface area contributed by atoms with Crippen LogP contribution in [0, 0.1) is 0 Å². The maximum absolute atomic E-state index is 12.3. The van der Waals surface area contributed by atoms with Gasteiger partial charge in [0, 0.05) is 31.6 Å². The first kappa shape index (κ1) is 16.6. The highest BCUT2D eigenvalue weighted by atomic mass is 32.2. The summed E-state index contributed by atoms with van der Waals surface area (Å²) < 4.78 is 27.4.